The number of nitrogens with zero attached hydrogens (tertiary/aromatic N) is 1. The molecule has 148 valence electrons. The van der Waals surface area contributed by atoms with E-state index in [1.54, 1.807) is 26.2 Å². The topological polar surface area (TPSA) is 41.6 Å². The normalized spacial score (nSPS) is 12.9. The first-order chi connectivity index (χ1) is 12.2. The molecule has 0 saturated heterocycles. The van der Waals surface area contributed by atoms with E-state index < -0.39 is 18.5 Å². The number of hydrogen-bond acceptors (Lipinski definition) is 3. The predicted octanol–water partition coefficient (Wildman–Crippen LogP) is 4.05. The number of unbranched alkanes of at least 4 members (excludes halogenated alkanes) is 1. The molecule has 0 radical (unpaired) electrons. The van der Waals surface area contributed by atoms with Crippen LogP contribution in [0.4, 0.5) is 8.78 Å². The van der Waals surface area contributed by atoms with Crippen molar-refractivity contribution in [1.82, 2.24) is 10.2 Å². The molecule has 0 aromatic heterocycles. The van der Waals surface area contributed by atoms with Gasteiger partial charge in [-0.05, 0) is 30.9 Å². The van der Waals surface area contributed by atoms with Gasteiger partial charge in [0.25, 0.3) is 5.92 Å². The molecule has 1 aromatic rings. The van der Waals surface area contributed by atoms with Crippen LogP contribution in [0.2, 0.25) is 0 Å². The Labute approximate surface area is 155 Å². The molecular weight excluding hydrogens is 338 g/mol. The number of ether oxygens (including phenoxy) is 1. The van der Waals surface area contributed by atoms with Crippen molar-refractivity contribution in [1.29, 1.82) is 0 Å². The third kappa shape index (κ3) is 7.28. The molecular formula is C20H32F2N2O2. The number of rotatable bonds is 11. The molecule has 0 spiro atoms. The smallest absolute Gasteiger partial charge is 0.285 e. The SMILES string of the molecule is CCCCOc1cccc(C(F)(F)CNC(CC(C)C)C(=O)N(C)C)c1. The molecule has 1 atom stereocenters. The molecule has 0 heterocycles. The Morgan fingerprint density at radius 2 is 2.00 bits per heavy atom. The Hall–Kier alpha value is -1.69. The zero-order valence-electron chi connectivity index (χ0n) is 16.5. The summed E-state index contributed by atoms with van der Waals surface area (Å²) in [5.41, 5.74) is -0.111. The molecule has 0 aliphatic heterocycles. The highest BCUT2D eigenvalue weighted by Crippen LogP contribution is 2.30. The summed E-state index contributed by atoms with van der Waals surface area (Å²) in [5.74, 6) is -2.61. The fraction of sp³-hybridized carbons (Fsp3) is 0.650. The van der Waals surface area contributed by atoms with Gasteiger partial charge in [0.05, 0.1) is 19.2 Å². The molecule has 0 saturated carbocycles. The lowest BCUT2D eigenvalue weighted by molar-refractivity contribution is -0.131. The number of benzene rings is 1. The quantitative estimate of drug-likeness (QED) is 0.598. The molecule has 1 unspecified atom stereocenters. The third-order valence-electron chi connectivity index (χ3n) is 4.04. The first kappa shape index (κ1) is 22.4. The molecule has 1 amide bonds. The van der Waals surface area contributed by atoms with Crippen LogP contribution < -0.4 is 10.1 Å². The lowest BCUT2D eigenvalue weighted by atomic mass is 10.0. The summed E-state index contributed by atoms with van der Waals surface area (Å²) in [5, 5.41) is 2.76. The van der Waals surface area contributed by atoms with E-state index in [4.69, 9.17) is 4.74 Å². The summed E-state index contributed by atoms with van der Waals surface area (Å²) >= 11 is 0. The Bertz CT molecular complexity index is 562. The molecule has 26 heavy (non-hydrogen) atoms. The highest BCUT2D eigenvalue weighted by atomic mass is 19.3. The number of carbonyl (C=O) groups is 1. The maximum Gasteiger partial charge on any atom is 0.285 e. The van der Waals surface area contributed by atoms with E-state index in [-0.39, 0.29) is 17.4 Å². The number of hydrogen-bond donors (Lipinski definition) is 1. The first-order valence-electron chi connectivity index (χ1n) is 9.23. The lowest BCUT2D eigenvalue weighted by Crippen LogP contribution is -2.47. The standard InChI is InChI=1S/C20H32F2N2O2/c1-6-7-11-26-17-10-8-9-16(13-17)20(21,22)14-23-18(12-15(2)3)19(25)24(4)5/h8-10,13,15,18,23H,6-7,11-12,14H2,1-5H3. The van der Waals surface area contributed by atoms with Gasteiger partial charge in [-0.15, -0.1) is 0 Å². The van der Waals surface area contributed by atoms with Gasteiger partial charge in [-0.2, -0.15) is 8.78 Å². The van der Waals surface area contributed by atoms with Crippen molar-refractivity contribution in [2.45, 2.75) is 52.0 Å². The first-order valence-corrected chi connectivity index (χ1v) is 9.23. The third-order valence-corrected chi connectivity index (χ3v) is 4.04. The molecule has 0 bridgehead atoms. The van der Waals surface area contributed by atoms with Gasteiger partial charge in [-0.1, -0.05) is 39.3 Å². The summed E-state index contributed by atoms with van der Waals surface area (Å²) in [6, 6.07) is 5.39. The number of carbonyl (C=O) groups excluding carboxylic acids is 1. The summed E-state index contributed by atoms with van der Waals surface area (Å²) < 4.78 is 34.8. The van der Waals surface area contributed by atoms with Crippen molar-refractivity contribution in [2.75, 3.05) is 27.2 Å². The maximum atomic E-state index is 14.6. The summed E-state index contributed by atoms with van der Waals surface area (Å²) in [4.78, 5) is 13.7. The highest BCUT2D eigenvalue weighted by Gasteiger charge is 2.34. The van der Waals surface area contributed by atoms with E-state index >= 15 is 0 Å². The Balaban J connectivity index is 2.79. The van der Waals surface area contributed by atoms with E-state index in [1.807, 2.05) is 20.8 Å². The zero-order chi connectivity index (χ0) is 19.7. The van der Waals surface area contributed by atoms with Crippen LogP contribution in [0.3, 0.4) is 0 Å². The molecule has 6 heteroatoms. The second-order valence-corrected chi connectivity index (χ2v) is 7.23. The number of nitrogens with one attached hydrogen (secondary N) is 1. The van der Waals surface area contributed by atoms with Gasteiger partial charge in [-0.25, -0.2) is 0 Å². The van der Waals surface area contributed by atoms with Crippen LogP contribution in [0, 0.1) is 5.92 Å². The number of alkyl halides is 2. The second-order valence-electron chi connectivity index (χ2n) is 7.23. The van der Waals surface area contributed by atoms with E-state index in [0.29, 0.717) is 18.8 Å². The molecule has 1 aromatic carbocycles. The minimum Gasteiger partial charge on any atom is -0.494 e. The van der Waals surface area contributed by atoms with E-state index in [1.165, 1.54) is 17.0 Å². The van der Waals surface area contributed by atoms with Gasteiger partial charge in [0.1, 0.15) is 5.75 Å². The van der Waals surface area contributed by atoms with Crippen LogP contribution in [0.25, 0.3) is 0 Å². The van der Waals surface area contributed by atoms with E-state index in [2.05, 4.69) is 5.32 Å². The number of likely N-dealkylation sites (N-methyl/N-ethyl adjacent to an activating group) is 1. The van der Waals surface area contributed by atoms with Crippen molar-refractivity contribution in [3.05, 3.63) is 29.8 Å². The van der Waals surface area contributed by atoms with Crippen LogP contribution in [0.1, 0.15) is 45.6 Å². The predicted molar refractivity (Wildman–Crippen MR) is 101 cm³/mol. The minimum atomic E-state index is -3.09. The van der Waals surface area contributed by atoms with Gasteiger partial charge in [-0.3, -0.25) is 10.1 Å². The Morgan fingerprint density at radius 1 is 1.31 bits per heavy atom. The second kappa shape index (κ2) is 10.5. The van der Waals surface area contributed by atoms with Crippen LogP contribution in [-0.2, 0) is 10.7 Å². The van der Waals surface area contributed by atoms with Gasteiger partial charge in [0.2, 0.25) is 5.91 Å². The summed E-state index contributed by atoms with van der Waals surface area (Å²) in [7, 11) is 3.26. The molecule has 1 N–H and O–H groups in total. The maximum absolute atomic E-state index is 14.6. The molecule has 0 fully saturated rings. The van der Waals surface area contributed by atoms with E-state index in [0.717, 1.165) is 12.8 Å². The van der Waals surface area contributed by atoms with Crippen LogP contribution in [0.15, 0.2) is 24.3 Å². The summed E-state index contributed by atoms with van der Waals surface area (Å²) in [6.07, 6.45) is 2.37. The van der Waals surface area contributed by atoms with Gasteiger partial charge >= 0.3 is 0 Å². The summed E-state index contributed by atoms with van der Waals surface area (Å²) in [6.45, 7) is 5.89. The van der Waals surface area contributed by atoms with Gasteiger partial charge in [0.15, 0.2) is 0 Å². The monoisotopic (exact) mass is 370 g/mol. The number of amides is 1. The van der Waals surface area contributed by atoms with Crippen LogP contribution >= 0.6 is 0 Å². The number of halogens is 2. The average molecular weight is 370 g/mol. The van der Waals surface area contributed by atoms with Crippen molar-refractivity contribution >= 4 is 5.91 Å². The highest BCUT2D eigenvalue weighted by molar-refractivity contribution is 5.81. The Kier molecular flexibility index (Phi) is 8.99. The van der Waals surface area contributed by atoms with Crippen molar-refractivity contribution < 1.29 is 18.3 Å². The average Bonchev–Trinajstić information content (AvgIpc) is 2.58. The molecule has 0 aliphatic carbocycles. The molecule has 1 rings (SSSR count). The zero-order valence-corrected chi connectivity index (χ0v) is 16.5. The van der Waals surface area contributed by atoms with Crippen LogP contribution in [-0.4, -0.2) is 44.1 Å². The molecule has 4 nitrogen and oxygen atoms in total. The van der Waals surface area contributed by atoms with Gasteiger partial charge in [0, 0.05) is 19.7 Å². The Morgan fingerprint density at radius 3 is 2.58 bits per heavy atom. The largest absolute Gasteiger partial charge is 0.494 e. The van der Waals surface area contributed by atoms with E-state index in [9.17, 15) is 13.6 Å². The lowest BCUT2D eigenvalue weighted by Gasteiger charge is -2.26. The van der Waals surface area contributed by atoms with Crippen molar-refractivity contribution in [2.24, 2.45) is 5.92 Å². The van der Waals surface area contributed by atoms with Crippen molar-refractivity contribution in [3.8, 4) is 5.75 Å². The fourth-order valence-electron chi connectivity index (χ4n) is 2.56. The van der Waals surface area contributed by atoms with Crippen LogP contribution in [0.5, 0.6) is 5.75 Å². The fourth-order valence-corrected chi connectivity index (χ4v) is 2.56. The molecule has 0 aliphatic rings. The van der Waals surface area contributed by atoms with Gasteiger partial charge < -0.3 is 9.64 Å². The van der Waals surface area contributed by atoms with Crippen molar-refractivity contribution in [3.63, 3.8) is 0 Å². The minimum absolute atomic E-state index is 0.111.